The lowest BCUT2D eigenvalue weighted by Gasteiger charge is -1.95. The van der Waals surface area contributed by atoms with Gasteiger partial charge in [-0.3, -0.25) is 9.78 Å². The summed E-state index contributed by atoms with van der Waals surface area (Å²) < 4.78 is 0. The quantitative estimate of drug-likeness (QED) is 0.531. The Labute approximate surface area is 70.4 Å². The molecular weight excluding hydrogens is 154 g/mol. The fourth-order valence-corrected chi connectivity index (χ4v) is 0.781. The van der Waals surface area contributed by atoms with E-state index >= 15 is 0 Å². The lowest BCUT2D eigenvalue weighted by atomic mass is 10.2. The first kappa shape index (κ1) is 8.46. The fraction of sp³-hybridized carbons (Fsp3) is 0.111. The lowest BCUT2D eigenvalue weighted by Crippen LogP contribution is -1.90. The molecule has 0 atom stereocenters. The molecule has 3 heteroatoms. The zero-order valence-corrected chi connectivity index (χ0v) is 6.69. The molecule has 12 heavy (non-hydrogen) atoms. The molecule has 3 nitrogen and oxygen atoms in total. The molecule has 0 spiro atoms. The minimum absolute atomic E-state index is 0.0944. The maximum atomic E-state index is 10.6. The van der Waals surface area contributed by atoms with Gasteiger partial charge in [-0.2, -0.15) is 0 Å². The molecule has 1 N–H and O–H groups in total. The Balaban J connectivity index is 2.93. The van der Waals surface area contributed by atoms with E-state index in [1.165, 1.54) is 6.92 Å². The average Bonchev–Trinajstić information content (AvgIpc) is 2.05. The number of ketones is 1. The van der Waals surface area contributed by atoms with Crippen molar-refractivity contribution in [3.05, 3.63) is 36.2 Å². The van der Waals surface area contributed by atoms with E-state index in [-0.39, 0.29) is 11.5 Å². The highest BCUT2D eigenvalue weighted by atomic mass is 16.3. The number of hydrogen-bond donors (Lipinski definition) is 1. The Morgan fingerprint density at radius 2 is 2.33 bits per heavy atom. The number of nitrogens with zero attached hydrogens (tertiary/aromatic N) is 1. The third kappa shape index (κ3) is 2.20. The minimum Gasteiger partial charge on any atom is -0.506 e. The largest absolute Gasteiger partial charge is 0.506 e. The second-order valence-electron chi connectivity index (χ2n) is 2.36. The molecule has 0 radical (unpaired) electrons. The zero-order chi connectivity index (χ0) is 8.97. The van der Waals surface area contributed by atoms with Crippen molar-refractivity contribution in [1.29, 1.82) is 0 Å². The van der Waals surface area contributed by atoms with Crippen molar-refractivity contribution in [2.24, 2.45) is 0 Å². The summed E-state index contributed by atoms with van der Waals surface area (Å²) in [6.07, 6.45) is 2.70. The molecule has 0 saturated carbocycles. The number of rotatable bonds is 2. The van der Waals surface area contributed by atoms with Gasteiger partial charge < -0.3 is 5.11 Å². The topological polar surface area (TPSA) is 50.2 Å². The molecule has 62 valence electrons. The normalized spacial score (nSPS) is 11.2. The van der Waals surface area contributed by atoms with E-state index in [2.05, 4.69) is 4.98 Å². The van der Waals surface area contributed by atoms with Crippen LogP contribution in [0.2, 0.25) is 0 Å². The number of carbonyl (C=O) groups excluding carboxylic acids is 1. The van der Waals surface area contributed by atoms with Crippen LogP contribution in [0.15, 0.2) is 30.5 Å². The molecule has 0 amide bonds. The van der Waals surface area contributed by atoms with Crippen LogP contribution in [-0.2, 0) is 4.79 Å². The summed E-state index contributed by atoms with van der Waals surface area (Å²) in [4.78, 5) is 14.4. The average molecular weight is 163 g/mol. The summed E-state index contributed by atoms with van der Waals surface area (Å²) in [5.41, 5.74) is 0.410. The van der Waals surface area contributed by atoms with Crippen LogP contribution in [0.25, 0.3) is 5.76 Å². The predicted octanol–water partition coefficient (Wildman–Crippen LogP) is 1.57. The highest BCUT2D eigenvalue weighted by Gasteiger charge is 1.99. The maximum Gasteiger partial charge on any atom is 0.156 e. The highest BCUT2D eigenvalue weighted by molar-refractivity contribution is 5.93. The van der Waals surface area contributed by atoms with E-state index in [9.17, 15) is 9.90 Å². The third-order valence-electron chi connectivity index (χ3n) is 1.27. The van der Waals surface area contributed by atoms with Crippen molar-refractivity contribution in [2.45, 2.75) is 6.92 Å². The van der Waals surface area contributed by atoms with Crippen molar-refractivity contribution in [1.82, 2.24) is 4.98 Å². The van der Waals surface area contributed by atoms with Crippen LogP contribution in [-0.4, -0.2) is 15.9 Å². The standard InChI is InChI=1S/C9H9NO2/c1-7(11)6-9(12)8-4-2-3-5-10-8/h2-6,12H,1H3/b9-6-. The van der Waals surface area contributed by atoms with Crippen LogP contribution in [0.1, 0.15) is 12.6 Å². The van der Waals surface area contributed by atoms with Gasteiger partial charge in [0.15, 0.2) is 5.78 Å². The lowest BCUT2D eigenvalue weighted by molar-refractivity contribution is -0.112. The summed E-state index contributed by atoms with van der Waals surface area (Å²) in [6, 6.07) is 5.12. The summed E-state index contributed by atoms with van der Waals surface area (Å²) in [5, 5.41) is 9.27. The van der Waals surface area contributed by atoms with Crippen LogP contribution in [0, 0.1) is 0 Å². The summed E-state index contributed by atoms with van der Waals surface area (Å²) >= 11 is 0. The van der Waals surface area contributed by atoms with Gasteiger partial charge in [0.1, 0.15) is 11.5 Å². The number of allylic oxidation sites excluding steroid dienone is 1. The predicted molar refractivity (Wildman–Crippen MR) is 45.5 cm³/mol. The van der Waals surface area contributed by atoms with Crippen LogP contribution >= 0.6 is 0 Å². The molecule has 0 fully saturated rings. The minimum atomic E-state index is -0.196. The molecule has 0 aromatic carbocycles. The van der Waals surface area contributed by atoms with Gasteiger partial charge in [0.05, 0.1) is 0 Å². The van der Waals surface area contributed by atoms with Gasteiger partial charge in [0.2, 0.25) is 0 Å². The fourth-order valence-electron chi connectivity index (χ4n) is 0.781. The van der Waals surface area contributed by atoms with Crippen molar-refractivity contribution in [2.75, 3.05) is 0 Å². The van der Waals surface area contributed by atoms with Crippen LogP contribution in [0.5, 0.6) is 0 Å². The maximum absolute atomic E-state index is 10.6. The van der Waals surface area contributed by atoms with Gasteiger partial charge in [-0.15, -0.1) is 0 Å². The number of pyridine rings is 1. The summed E-state index contributed by atoms with van der Waals surface area (Å²) in [5.74, 6) is -0.291. The molecule has 0 bridgehead atoms. The molecule has 0 saturated heterocycles. The Morgan fingerprint density at radius 1 is 1.58 bits per heavy atom. The monoisotopic (exact) mass is 163 g/mol. The van der Waals surface area contributed by atoms with Crippen LogP contribution < -0.4 is 0 Å². The SMILES string of the molecule is CC(=O)/C=C(\O)c1ccccn1. The number of aromatic nitrogens is 1. The molecular formula is C9H9NO2. The zero-order valence-electron chi connectivity index (χ0n) is 6.69. The number of hydrogen-bond acceptors (Lipinski definition) is 3. The van der Waals surface area contributed by atoms with Gasteiger partial charge >= 0.3 is 0 Å². The first-order valence-corrected chi connectivity index (χ1v) is 3.53. The summed E-state index contributed by atoms with van der Waals surface area (Å²) in [6.45, 7) is 1.37. The molecule has 0 aliphatic heterocycles. The molecule has 0 aliphatic rings. The van der Waals surface area contributed by atoms with E-state index in [1.54, 1.807) is 24.4 Å². The number of aliphatic hydroxyl groups is 1. The second-order valence-corrected chi connectivity index (χ2v) is 2.36. The van der Waals surface area contributed by atoms with Crippen LogP contribution in [0.4, 0.5) is 0 Å². The van der Waals surface area contributed by atoms with Gasteiger partial charge in [-0.25, -0.2) is 0 Å². The van der Waals surface area contributed by atoms with E-state index in [0.717, 1.165) is 6.08 Å². The first-order valence-electron chi connectivity index (χ1n) is 3.53. The third-order valence-corrected chi connectivity index (χ3v) is 1.27. The van der Waals surface area contributed by atoms with Gasteiger partial charge in [-0.05, 0) is 19.1 Å². The molecule has 0 aliphatic carbocycles. The molecule has 1 rings (SSSR count). The highest BCUT2D eigenvalue weighted by Crippen LogP contribution is 2.05. The Morgan fingerprint density at radius 3 is 2.83 bits per heavy atom. The van der Waals surface area contributed by atoms with Crippen molar-refractivity contribution < 1.29 is 9.90 Å². The molecule has 1 heterocycles. The molecule has 1 aromatic rings. The van der Waals surface area contributed by atoms with E-state index in [4.69, 9.17) is 0 Å². The van der Waals surface area contributed by atoms with Gasteiger partial charge in [0.25, 0.3) is 0 Å². The summed E-state index contributed by atoms with van der Waals surface area (Å²) in [7, 11) is 0. The Kier molecular flexibility index (Phi) is 2.58. The molecule has 0 unspecified atom stereocenters. The Hall–Kier alpha value is -1.64. The number of carbonyl (C=O) groups is 1. The smallest absolute Gasteiger partial charge is 0.156 e. The first-order chi connectivity index (χ1) is 5.70. The van der Waals surface area contributed by atoms with Gasteiger partial charge in [0, 0.05) is 12.3 Å². The van der Waals surface area contributed by atoms with Gasteiger partial charge in [-0.1, -0.05) is 6.07 Å². The molecule has 1 aromatic heterocycles. The number of aliphatic hydroxyl groups excluding tert-OH is 1. The van der Waals surface area contributed by atoms with E-state index in [1.807, 2.05) is 0 Å². The van der Waals surface area contributed by atoms with Crippen LogP contribution in [0.3, 0.4) is 0 Å². The van der Waals surface area contributed by atoms with Crippen molar-refractivity contribution in [3.63, 3.8) is 0 Å². The van der Waals surface area contributed by atoms with Crippen molar-refractivity contribution >= 4 is 11.5 Å². The second kappa shape index (κ2) is 3.67. The Bertz CT molecular complexity index is 304. The van der Waals surface area contributed by atoms with E-state index < -0.39 is 0 Å². The van der Waals surface area contributed by atoms with Crippen molar-refractivity contribution in [3.8, 4) is 0 Å². The van der Waals surface area contributed by atoms with E-state index in [0.29, 0.717) is 5.69 Å².